The molecular weight excluding hydrogens is 304 g/mol. The molecule has 1 heterocycles. The van der Waals surface area contributed by atoms with Crippen LogP contribution >= 0.6 is 0 Å². The Morgan fingerprint density at radius 1 is 1.33 bits per heavy atom. The van der Waals surface area contributed by atoms with Crippen LogP contribution in [0, 0.1) is 5.92 Å². The van der Waals surface area contributed by atoms with Gasteiger partial charge in [-0.2, -0.15) is 0 Å². The lowest BCUT2D eigenvalue weighted by Gasteiger charge is -2.32. The van der Waals surface area contributed by atoms with Crippen molar-refractivity contribution >= 4 is 5.91 Å². The van der Waals surface area contributed by atoms with Crippen molar-refractivity contribution in [2.24, 2.45) is 5.92 Å². The van der Waals surface area contributed by atoms with E-state index in [0.717, 1.165) is 51.1 Å². The van der Waals surface area contributed by atoms with E-state index < -0.39 is 0 Å². The van der Waals surface area contributed by atoms with Gasteiger partial charge < -0.3 is 19.6 Å². The SMILES string of the molecule is CCOc1cc(C[NH+]2CCC[C@@H](C(=O)N(CC)CC)C2)ccc1O. The minimum absolute atomic E-state index is 0.136. The van der Waals surface area contributed by atoms with Gasteiger partial charge in [-0.15, -0.1) is 0 Å². The highest BCUT2D eigenvalue weighted by Gasteiger charge is 2.30. The number of aromatic hydroxyl groups is 1. The number of rotatable bonds is 7. The Kier molecular flexibility index (Phi) is 6.91. The third-order valence-electron chi connectivity index (χ3n) is 4.82. The van der Waals surface area contributed by atoms with Crippen molar-refractivity contribution in [2.45, 2.75) is 40.2 Å². The van der Waals surface area contributed by atoms with Gasteiger partial charge in [0.1, 0.15) is 6.54 Å². The summed E-state index contributed by atoms with van der Waals surface area (Å²) in [6, 6.07) is 5.56. The molecule has 1 fully saturated rings. The van der Waals surface area contributed by atoms with Gasteiger partial charge in [-0.1, -0.05) is 0 Å². The quantitative estimate of drug-likeness (QED) is 0.793. The third kappa shape index (κ3) is 4.63. The van der Waals surface area contributed by atoms with Crippen LogP contribution in [0.15, 0.2) is 18.2 Å². The molecule has 0 aromatic heterocycles. The molecule has 0 radical (unpaired) electrons. The lowest BCUT2D eigenvalue weighted by Crippen LogP contribution is -3.12. The highest BCUT2D eigenvalue weighted by molar-refractivity contribution is 5.78. The van der Waals surface area contributed by atoms with Crippen molar-refractivity contribution in [1.29, 1.82) is 0 Å². The zero-order valence-corrected chi connectivity index (χ0v) is 15.2. The van der Waals surface area contributed by atoms with E-state index in [1.807, 2.05) is 37.8 Å². The summed E-state index contributed by atoms with van der Waals surface area (Å²) >= 11 is 0. The topological polar surface area (TPSA) is 54.2 Å². The van der Waals surface area contributed by atoms with E-state index in [1.54, 1.807) is 6.07 Å². The van der Waals surface area contributed by atoms with Gasteiger partial charge in [0, 0.05) is 18.7 Å². The van der Waals surface area contributed by atoms with E-state index in [0.29, 0.717) is 18.3 Å². The molecule has 1 saturated heterocycles. The fraction of sp³-hybridized carbons (Fsp3) is 0.632. The molecule has 0 spiro atoms. The van der Waals surface area contributed by atoms with Crippen LogP contribution in [0.5, 0.6) is 11.5 Å². The first kappa shape index (κ1) is 18.6. The molecule has 24 heavy (non-hydrogen) atoms. The predicted molar refractivity (Wildman–Crippen MR) is 94.3 cm³/mol. The van der Waals surface area contributed by atoms with Crippen molar-refractivity contribution in [3.8, 4) is 11.5 Å². The number of phenolic OH excluding ortho intramolecular Hbond substituents is 1. The van der Waals surface area contributed by atoms with Crippen LogP contribution in [0.2, 0.25) is 0 Å². The molecule has 5 heteroatoms. The molecule has 2 atom stereocenters. The summed E-state index contributed by atoms with van der Waals surface area (Å²) in [4.78, 5) is 16.0. The number of quaternary nitrogens is 1. The van der Waals surface area contributed by atoms with Crippen LogP contribution in [0.1, 0.15) is 39.2 Å². The standard InChI is InChI=1S/C19H30N2O3/c1-4-21(5-2)19(23)16-8-7-11-20(14-16)13-15-9-10-17(22)18(12-15)24-6-3/h9-10,12,16,22H,4-8,11,13-14H2,1-3H3/p+1/t16-/m1/s1. The molecule has 0 bridgehead atoms. The molecule has 134 valence electrons. The molecular formula is C19H31N2O3+. The maximum absolute atomic E-state index is 12.6. The number of hydrogen-bond acceptors (Lipinski definition) is 3. The van der Waals surface area contributed by atoms with Gasteiger partial charge in [0.15, 0.2) is 11.5 Å². The minimum Gasteiger partial charge on any atom is -0.504 e. The van der Waals surface area contributed by atoms with Crippen LogP contribution < -0.4 is 9.64 Å². The first-order valence-corrected chi connectivity index (χ1v) is 9.16. The second-order valence-electron chi connectivity index (χ2n) is 6.47. The van der Waals surface area contributed by atoms with Gasteiger partial charge in [0.05, 0.1) is 25.6 Å². The molecule has 1 amide bonds. The highest BCUT2D eigenvalue weighted by atomic mass is 16.5. The Hall–Kier alpha value is -1.75. The summed E-state index contributed by atoms with van der Waals surface area (Å²) in [6.45, 7) is 10.9. The summed E-state index contributed by atoms with van der Waals surface area (Å²) in [5, 5.41) is 9.82. The van der Waals surface area contributed by atoms with E-state index >= 15 is 0 Å². The number of amides is 1. The van der Waals surface area contributed by atoms with Gasteiger partial charge in [0.2, 0.25) is 5.91 Å². The number of hydrogen-bond donors (Lipinski definition) is 2. The Labute approximate surface area is 145 Å². The molecule has 1 aromatic rings. The van der Waals surface area contributed by atoms with E-state index in [4.69, 9.17) is 4.74 Å². The Bertz CT molecular complexity index is 543. The normalized spacial score (nSPS) is 20.6. The molecule has 2 N–H and O–H groups in total. The molecule has 1 aliphatic heterocycles. The number of piperidine rings is 1. The van der Waals surface area contributed by atoms with E-state index in [2.05, 4.69) is 0 Å². The average molecular weight is 335 g/mol. The van der Waals surface area contributed by atoms with Crippen molar-refractivity contribution in [2.75, 3.05) is 32.8 Å². The number of benzene rings is 1. The third-order valence-corrected chi connectivity index (χ3v) is 4.82. The number of carbonyl (C=O) groups excluding carboxylic acids is 1. The summed E-state index contributed by atoms with van der Waals surface area (Å²) in [7, 11) is 0. The molecule has 1 aliphatic rings. The van der Waals surface area contributed by atoms with Crippen LogP contribution in [0.4, 0.5) is 0 Å². The van der Waals surface area contributed by atoms with Gasteiger partial charge in [-0.25, -0.2) is 0 Å². The summed E-state index contributed by atoms with van der Waals surface area (Å²) in [5.41, 5.74) is 1.14. The summed E-state index contributed by atoms with van der Waals surface area (Å²) in [6.07, 6.45) is 2.09. The van der Waals surface area contributed by atoms with Crippen LogP contribution in [-0.4, -0.2) is 48.7 Å². The Morgan fingerprint density at radius 2 is 2.08 bits per heavy atom. The smallest absolute Gasteiger partial charge is 0.231 e. The maximum atomic E-state index is 12.6. The van der Waals surface area contributed by atoms with Crippen molar-refractivity contribution in [3.05, 3.63) is 23.8 Å². The van der Waals surface area contributed by atoms with Crippen LogP contribution in [-0.2, 0) is 11.3 Å². The molecule has 1 aromatic carbocycles. The highest BCUT2D eigenvalue weighted by Crippen LogP contribution is 2.26. The van der Waals surface area contributed by atoms with Crippen molar-refractivity contribution < 1.29 is 19.5 Å². The first-order chi connectivity index (χ1) is 11.6. The fourth-order valence-electron chi connectivity index (χ4n) is 3.54. The van der Waals surface area contributed by atoms with Crippen LogP contribution in [0.3, 0.4) is 0 Å². The number of ether oxygens (including phenoxy) is 1. The van der Waals surface area contributed by atoms with Crippen LogP contribution in [0.25, 0.3) is 0 Å². The second-order valence-corrected chi connectivity index (χ2v) is 6.47. The first-order valence-electron chi connectivity index (χ1n) is 9.16. The molecule has 0 aliphatic carbocycles. The van der Waals surface area contributed by atoms with E-state index in [-0.39, 0.29) is 11.7 Å². The number of carbonyl (C=O) groups is 1. The number of nitrogens with zero attached hydrogens (tertiary/aromatic N) is 1. The Balaban J connectivity index is 2.00. The van der Waals surface area contributed by atoms with Gasteiger partial charge in [-0.3, -0.25) is 4.79 Å². The average Bonchev–Trinajstić information content (AvgIpc) is 2.59. The maximum Gasteiger partial charge on any atom is 0.231 e. The minimum atomic E-state index is 0.136. The summed E-state index contributed by atoms with van der Waals surface area (Å²) < 4.78 is 5.47. The van der Waals surface area contributed by atoms with Gasteiger partial charge in [-0.05, 0) is 51.8 Å². The number of phenols is 1. The zero-order chi connectivity index (χ0) is 17.5. The molecule has 1 unspecified atom stereocenters. The van der Waals surface area contributed by atoms with Crippen molar-refractivity contribution in [1.82, 2.24) is 4.90 Å². The lowest BCUT2D eigenvalue weighted by atomic mass is 9.96. The van der Waals surface area contributed by atoms with E-state index in [9.17, 15) is 9.90 Å². The lowest BCUT2D eigenvalue weighted by molar-refractivity contribution is -0.921. The zero-order valence-electron chi connectivity index (χ0n) is 15.2. The molecule has 2 rings (SSSR count). The molecule has 5 nitrogen and oxygen atoms in total. The number of likely N-dealkylation sites (tertiary alicyclic amines) is 1. The number of nitrogens with one attached hydrogen (secondary N) is 1. The largest absolute Gasteiger partial charge is 0.504 e. The van der Waals surface area contributed by atoms with Gasteiger partial charge >= 0.3 is 0 Å². The fourth-order valence-corrected chi connectivity index (χ4v) is 3.54. The van der Waals surface area contributed by atoms with Gasteiger partial charge in [0.25, 0.3) is 0 Å². The molecule has 0 saturated carbocycles. The monoisotopic (exact) mass is 335 g/mol. The summed E-state index contributed by atoms with van der Waals surface area (Å²) in [5.74, 6) is 1.17. The second kappa shape index (κ2) is 8.92. The van der Waals surface area contributed by atoms with E-state index in [1.165, 1.54) is 4.90 Å². The predicted octanol–water partition coefficient (Wildman–Crippen LogP) is 1.45. The Morgan fingerprint density at radius 3 is 2.75 bits per heavy atom. The van der Waals surface area contributed by atoms with Crippen molar-refractivity contribution in [3.63, 3.8) is 0 Å².